The van der Waals surface area contributed by atoms with Crippen LogP contribution in [0.25, 0.3) is 0 Å². The summed E-state index contributed by atoms with van der Waals surface area (Å²) >= 11 is 8.37. The van der Waals surface area contributed by atoms with Gasteiger partial charge in [0.15, 0.2) is 0 Å². The number of nitrogens with two attached hydrogens (primary N) is 1. The van der Waals surface area contributed by atoms with Crippen LogP contribution in [0.4, 0.5) is 0 Å². The smallest absolute Gasteiger partial charge is 0.0410 e. The van der Waals surface area contributed by atoms with Crippen LogP contribution in [-0.4, -0.2) is 0 Å². The minimum Gasteiger partial charge on any atom is -0.324 e. The molecule has 0 aromatic heterocycles. The first kappa shape index (κ1) is 13.6. The molecule has 1 aromatic carbocycles. The zero-order valence-electron chi connectivity index (χ0n) is 9.96. The van der Waals surface area contributed by atoms with E-state index in [1.54, 1.807) is 0 Å². The lowest BCUT2D eigenvalue weighted by Crippen LogP contribution is -2.13. The molecular weight excluding hydrogens is 345 g/mol. The normalized spacial score (nSPS) is 18.5. The molecule has 0 radical (unpaired) electrons. The largest absolute Gasteiger partial charge is 0.324 e. The fourth-order valence-electron chi connectivity index (χ4n) is 2.67. The molecule has 0 amide bonds. The van der Waals surface area contributed by atoms with Gasteiger partial charge in [-0.3, -0.25) is 0 Å². The molecular formula is C14H19ClIN. The van der Waals surface area contributed by atoms with Gasteiger partial charge in [0.1, 0.15) is 0 Å². The van der Waals surface area contributed by atoms with E-state index in [0.29, 0.717) is 0 Å². The topological polar surface area (TPSA) is 26.0 Å². The predicted octanol–water partition coefficient (Wildman–Crippen LogP) is 4.91. The highest BCUT2D eigenvalue weighted by atomic mass is 127. The van der Waals surface area contributed by atoms with Crippen LogP contribution in [0, 0.1) is 9.49 Å². The Morgan fingerprint density at radius 1 is 1.35 bits per heavy atom. The summed E-state index contributed by atoms with van der Waals surface area (Å²) in [6, 6.07) is 6.13. The molecule has 1 fully saturated rings. The van der Waals surface area contributed by atoms with E-state index >= 15 is 0 Å². The molecule has 17 heavy (non-hydrogen) atoms. The van der Waals surface area contributed by atoms with Crippen LogP contribution >= 0.6 is 34.2 Å². The molecule has 2 N–H and O–H groups in total. The third kappa shape index (κ3) is 3.83. The number of benzene rings is 1. The van der Waals surface area contributed by atoms with Crippen molar-refractivity contribution in [1.82, 2.24) is 0 Å². The zero-order chi connectivity index (χ0) is 12.3. The molecule has 1 aliphatic carbocycles. The SMILES string of the molecule is NC(CCC1CCCC1)c1cc(Cl)ccc1I. The molecule has 0 saturated heterocycles. The first-order valence-electron chi connectivity index (χ1n) is 6.37. The van der Waals surface area contributed by atoms with Crippen molar-refractivity contribution in [2.75, 3.05) is 0 Å². The lowest BCUT2D eigenvalue weighted by Gasteiger charge is -2.16. The first-order chi connectivity index (χ1) is 8.16. The van der Waals surface area contributed by atoms with Crippen molar-refractivity contribution in [2.24, 2.45) is 11.7 Å². The fraction of sp³-hybridized carbons (Fsp3) is 0.571. The third-order valence-corrected chi connectivity index (χ3v) is 4.94. The second-order valence-corrected chi connectivity index (χ2v) is 6.60. The average Bonchev–Trinajstić information content (AvgIpc) is 2.82. The maximum atomic E-state index is 6.28. The average molecular weight is 364 g/mol. The first-order valence-corrected chi connectivity index (χ1v) is 7.83. The van der Waals surface area contributed by atoms with Crippen LogP contribution < -0.4 is 5.73 Å². The van der Waals surface area contributed by atoms with Crippen LogP contribution in [0.5, 0.6) is 0 Å². The number of hydrogen-bond acceptors (Lipinski definition) is 1. The van der Waals surface area contributed by atoms with Gasteiger partial charge in [-0.1, -0.05) is 37.3 Å². The van der Waals surface area contributed by atoms with E-state index in [2.05, 4.69) is 22.6 Å². The van der Waals surface area contributed by atoms with E-state index in [-0.39, 0.29) is 6.04 Å². The van der Waals surface area contributed by atoms with Gasteiger partial charge in [0, 0.05) is 14.6 Å². The van der Waals surface area contributed by atoms with Gasteiger partial charge in [0.25, 0.3) is 0 Å². The van der Waals surface area contributed by atoms with Gasteiger partial charge < -0.3 is 5.73 Å². The van der Waals surface area contributed by atoms with Crippen molar-refractivity contribution in [2.45, 2.75) is 44.6 Å². The summed E-state index contributed by atoms with van der Waals surface area (Å²) in [7, 11) is 0. The molecule has 1 saturated carbocycles. The van der Waals surface area contributed by atoms with Crippen LogP contribution in [0.1, 0.15) is 50.1 Å². The van der Waals surface area contributed by atoms with Gasteiger partial charge in [0.05, 0.1) is 0 Å². The van der Waals surface area contributed by atoms with Gasteiger partial charge >= 0.3 is 0 Å². The fourth-order valence-corrected chi connectivity index (χ4v) is 3.58. The van der Waals surface area contributed by atoms with Crippen molar-refractivity contribution >= 4 is 34.2 Å². The maximum absolute atomic E-state index is 6.28. The zero-order valence-corrected chi connectivity index (χ0v) is 12.9. The van der Waals surface area contributed by atoms with Gasteiger partial charge in [-0.25, -0.2) is 0 Å². The number of hydrogen-bond donors (Lipinski definition) is 1. The lowest BCUT2D eigenvalue weighted by molar-refractivity contribution is 0.453. The quantitative estimate of drug-likeness (QED) is 0.755. The molecule has 0 spiro atoms. The van der Waals surface area contributed by atoms with E-state index in [1.165, 1.54) is 41.2 Å². The predicted molar refractivity (Wildman–Crippen MR) is 82.3 cm³/mol. The standard InChI is InChI=1S/C14H19ClIN/c15-11-6-7-13(16)12(9-11)14(17)8-5-10-3-1-2-4-10/h6-7,9-10,14H,1-5,8,17H2. The lowest BCUT2D eigenvalue weighted by atomic mass is 9.95. The van der Waals surface area contributed by atoms with Crippen molar-refractivity contribution < 1.29 is 0 Å². The monoisotopic (exact) mass is 363 g/mol. The molecule has 1 atom stereocenters. The minimum atomic E-state index is 0.140. The molecule has 1 unspecified atom stereocenters. The molecule has 3 heteroatoms. The van der Waals surface area contributed by atoms with Crippen LogP contribution in [0.2, 0.25) is 5.02 Å². The molecule has 1 aliphatic rings. The van der Waals surface area contributed by atoms with Crippen molar-refractivity contribution in [1.29, 1.82) is 0 Å². The van der Waals surface area contributed by atoms with Gasteiger partial charge in [-0.2, -0.15) is 0 Å². The van der Waals surface area contributed by atoms with Crippen molar-refractivity contribution in [3.63, 3.8) is 0 Å². The second kappa shape index (κ2) is 6.39. The van der Waals surface area contributed by atoms with Crippen LogP contribution in [0.15, 0.2) is 18.2 Å². The van der Waals surface area contributed by atoms with E-state index < -0.39 is 0 Å². The molecule has 0 heterocycles. The molecule has 2 rings (SSSR count). The number of halogens is 2. The highest BCUT2D eigenvalue weighted by Gasteiger charge is 2.17. The number of rotatable bonds is 4. The summed E-state index contributed by atoms with van der Waals surface area (Å²) in [5.74, 6) is 0.915. The van der Waals surface area contributed by atoms with Crippen LogP contribution in [0.3, 0.4) is 0 Å². The Hall–Kier alpha value is 0.200. The third-order valence-electron chi connectivity index (χ3n) is 3.72. The summed E-state index contributed by atoms with van der Waals surface area (Å²) in [4.78, 5) is 0. The Morgan fingerprint density at radius 2 is 2.06 bits per heavy atom. The van der Waals surface area contributed by atoms with Gasteiger partial charge in [0.2, 0.25) is 0 Å². The Bertz CT molecular complexity index is 374. The summed E-state index contributed by atoms with van der Waals surface area (Å²) < 4.78 is 1.23. The van der Waals surface area contributed by atoms with Crippen molar-refractivity contribution in [3.8, 4) is 0 Å². The van der Waals surface area contributed by atoms with Crippen molar-refractivity contribution in [3.05, 3.63) is 32.4 Å². The Kier molecular flexibility index (Phi) is 5.12. The molecule has 94 valence electrons. The highest BCUT2D eigenvalue weighted by Crippen LogP contribution is 2.32. The summed E-state index contributed by atoms with van der Waals surface area (Å²) in [5.41, 5.74) is 7.48. The molecule has 0 bridgehead atoms. The van der Waals surface area contributed by atoms with E-state index in [0.717, 1.165) is 17.4 Å². The summed E-state index contributed by atoms with van der Waals surface area (Å²) in [5, 5.41) is 0.789. The Labute approximate surface area is 122 Å². The van der Waals surface area contributed by atoms with Gasteiger partial charge in [-0.05, 0) is 65.1 Å². The Balaban J connectivity index is 1.93. The van der Waals surface area contributed by atoms with E-state index in [9.17, 15) is 0 Å². The van der Waals surface area contributed by atoms with Gasteiger partial charge in [-0.15, -0.1) is 0 Å². The second-order valence-electron chi connectivity index (χ2n) is 5.00. The maximum Gasteiger partial charge on any atom is 0.0410 e. The van der Waals surface area contributed by atoms with E-state index in [1.807, 2.05) is 18.2 Å². The molecule has 0 aliphatic heterocycles. The minimum absolute atomic E-state index is 0.140. The molecule has 1 nitrogen and oxygen atoms in total. The summed E-state index contributed by atoms with van der Waals surface area (Å²) in [6.07, 6.45) is 7.98. The summed E-state index contributed by atoms with van der Waals surface area (Å²) in [6.45, 7) is 0. The Morgan fingerprint density at radius 3 is 2.76 bits per heavy atom. The highest BCUT2D eigenvalue weighted by molar-refractivity contribution is 14.1. The van der Waals surface area contributed by atoms with Crippen LogP contribution in [-0.2, 0) is 0 Å². The molecule has 1 aromatic rings. The van der Waals surface area contributed by atoms with E-state index in [4.69, 9.17) is 17.3 Å².